The van der Waals surface area contributed by atoms with Crippen molar-refractivity contribution in [2.24, 2.45) is 0 Å². The maximum absolute atomic E-state index is 6.31. The van der Waals surface area contributed by atoms with Gasteiger partial charge in [0.2, 0.25) is 11.3 Å². The van der Waals surface area contributed by atoms with Crippen molar-refractivity contribution in [3.63, 3.8) is 0 Å². The van der Waals surface area contributed by atoms with E-state index in [4.69, 9.17) is 27.8 Å². The van der Waals surface area contributed by atoms with E-state index in [1.165, 1.54) is 0 Å². The highest BCUT2D eigenvalue weighted by molar-refractivity contribution is 6.33. The Kier molecular flexibility index (Phi) is 3.76. The summed E-state index contributed by atoms with van der Waals surface area (Å²) in [4.78, 5) is 8.91. The largest absolute Gasteiger partial charge is 0.338 e. The number of nitrogens with one attached hydrogen (secondary N) is 1. The molecule has 0 saturated heterocycles. The second-order valence-electron chi connectivity index (χ2n) is 4.94. The number of anilines is 2. The van der Waals surface area contributed by atoms with Gasteiger partial charge in [-0.1, -0.05) is 41.4 Å². The predicted octanol–water partition coefficient (Wildman–Crippen LogP) is 4.73. The van der Waals surface area contributed by atoms with E-state index < -0.39 is 0 Å². The van der Waals surface area contributed by atoms with Crippen LogP contribution in [0.3, 0.4) is 0 Å². The zero-order chi connectivity index (χ0) is 16.5. The highest BCUT2D eigenvalue weighted by Crippen LogP contribution is 2.33. The van der Waals surface area contributed by atoms with Gasteiger partial charge in [0.1, 0.15) is 5.69 Å². The van der Waals surface area contributed by atoms with Gasteiger partial charge < -0.3 is 5.32 Å². The third kappa shape index (κ3) is 2.77. The number of hydrogen-bond donors (Lipinski definition) is 1. The lowest BCUT2D eigenvalue weighted by Gasteiger charge is -2.11. The standard InChI is InChI=1S/C16H9Cl2N5O/c17-9-5-7-10(8-6-9)19-14-13(11-3-1-2-4-12(11)18)20-15-16(21-14)23-24-22-15/h1-8H,(H,19,21,23). The van der Waals surface area contributed by atoms with Crippen molar-refractivity contribution in [1.82, 2.24) is 20.3 Å². The number of fused-ring (bicyclic) bond motifs is 1. The first kappa shape index (κ1) is 14.9. The Morgan fingerprint density at radius 1 is 0.833 bits per heavy atom. The highest BCUT2D eigenvalue weighted by atomic mass is 35.5. The molecule has 0 aliphatic carbocycles. The third-order valence-electron chi connectivity index (χ3n) is 3.35. The van der Waals surface area contributed by atoms with Gasteiger partial charge in [-0.3, -0.25) is 0 Å². The second-order valence-corrected chi connectivity index (χ2v) is 5.79. The molecule has 0 aliphatic rings. The summed E-state index contributed by atoms with van der Waals surface area (Å²) in [7, 11) is 0. The van der Waals surface area contributed by atoms with Gasteiger partial charge in [0, 0.05) is 16.3 Å². The summed E-state index contributed by atoms with van der Waals surface area (Å²) in [6, 6.07) is 14.6. The summed E-state index contributed by atoms with van der Waals surface area (Å²) in [6.45, 7) is 0. The normalized spacial score (nSPS) is 10.9. The smallest absolute Gasteiger partial charge is 0.245 e. The molecule has 0 aliphatic heterocycles. The van der Waals surface area contributed by atoms with E-state index in [1.54, 1.807) is 18.2 Å². The summed E-state index contributed by atoms with van der Waals surface area (Å²) in [5.74, 6) is 0.494. The lowest BCUT2D eigenvalue weighted by molar-refractivity contribution is 0.314. The van der Waals surface area contributed by atoms with Gasteiger partial charge in [0.05, 0.1) is 5.02 Å². The predicted molar refractivity (Wildman–Crippen MR) is 92.6 cm³/mol. The maximum atomic E-state index is 6.31. The topological polar surface area (TPSA) is 76.7 Å². The number of hydrogen-bond acceptors (Lipinski definition) is 6. The van der Waals surface area contributed by atoms with E-state index in [9.17, 15) is 0 Å². The van der Waals surface area contributed by atoms with E-state index in [1.807, 2.05) is 30.3 Å². The minimum Gasteiger partial charge on any atom is -0.338 e. The minimum absolute atomic E-state index is 0.308. The summed E-state index contributed by atoms with van der Waals surface area (Å²) in [6.07, 6.45) is 0. The maximum Gasteiger partial charge on any atom is 0.245 e. The highest BCUT2D eigenvalue weighted by Gasteiger charge is 2.16. The van der Waals surface area contributed by atoms with Crippen molar-refractivity contribution in [1.29, 1.82) is 0 Å². The Labute approximate surface area is 146 Å². The van der Waals surface area contributed by atoms with Gasteiger partial charge in [-0.2, -0.15) is 0 Å². The van der Waals surface area contributed by atoms with Crippen molar-refractivity contribution >= 4 is 46.0 Å². The van der Waals surface area contributed by atoms with Crippen LogP contribution in [0.15, 0.2) is 53.2 Å². The lowest BCUT2D eigenvalue weighted by Crippen LogP contribution is -2.00. The van der Waals surface area contributed by atoms with Crippen LogP contribution in [0.25, 0.3) is 22.6 Å². The summed E-state index contributed by atoms with van der Waals surface area (Å²) in [5.41, 5.74) is 2.71. The summed E-state index contributed by atoms with van der Waals surface area (Å²) in [5, 5.41) is 11.9. The molecule has 0 bridgehead atoms. The van der Waals surface area contributed by atoms with E-state index in [2.05, 4.69) is 25.6 Å². The monoisotopic (exact) mass is 357 g/mol. The second kappa shape index (κ2) is 6.07. The van der Waals surface area contributed by atoms with E-state index >= 15 is 0 Å². The van der Waals surface area contributed by atoms with Gasteiger partial charge in [-0.25, -0.2) is 14.6 Å². The first-order valence-corrected chi connectivity index (χ1v) is 7.74. The number of halogens is 2. The zero-order valence-corrected chi connectivity index (χ0v) is 13.6. The van der Waals surface area contributed by atoms with Gasteiger partial charge in [0.15, 0.2) is 5.82 Å². The van der Waals surface area contributed by atoms with Gasteiger partial charge >= 0.3 is 0 Å². The molecule has 2 aromatic carbocycles. The summed E-state index contributed by atoms with van der Waals surface area (Å²) >= 11 is 12.2. The van der Waals surface area contributed by atoms with Crippen LogP contribution >= 0.6 is 23.2 Å². The Balaban J connectivity index is 1.87. The molecule has 4 rings (SSSR count). The van der Waals surface area contributed by atoms with E-state index in [0.29, 0.717) is 32.9 Å². The van der Waals surface area contributed by atoms with Crippen LogP contribution < -0.4 is 5.32 Å². The molecule has 0 saturated carbocycles. The molecule has 0 unspecified atom stereocenters. The number of nitrogens with zero attached hydrogens (tertiary/aromatic N) is 4. The van der Waals surface area contributed by atoms with Crippen LogP contribution in [0.2, 0.25) is 10.0 Å². The van der Waals surface area contributed by atoms with Crippen molar-refractivity contribution in [2.75, 3.05) is 5.32 Å². The third-order valence-corrected chi connectivity index (χ3v) is 3.93. The molecule has 24 heavy (non-hydrogen) atoms. The van der Waals surface area contributed by atoms with Crippen LogP contribution in [-0.2, 0) is 0 Å². The molecule has 0 radical (unpaired) electrons. The first-order valence-electron chi connectivity index (χ1n) is 6.98. The molecule has 0 fully saturated rings. The number of aromatic nitrogens is 4. The molecule has 1 N–H and O–H groups in total. The SMILES string of the molecule is Clc1ccc(Nc2nc3nonc3nc2-c2ccccc2Cl)cc1. The van der Waals surface area contributed by atoms with E-state index in [-0.39, 0.29) is 0 Å². The average molecular weight is 358 g/mol. The Bertz CT molecular complexity index is 1020. The molecule has 2 heterocycles. The van der Waals surface area contributed by atoms with Crippen molar-refractivity contribution < 1.29 is 4.63 Å². The fourth-order valence-corrected chi connectivity index (χ4v) is 2.59. The van der Waals surface area contributed by atoms with Crippen molar-refractivity contribution in [3.8, 4) is 11.3 Å². The molecule has 0 atom stereocenters. The first-order chi connectivity index (χ1) is 11.7. The Hall–Kier alpha value is -2.70. The average Bonchev–Trinajstić information content (AvgIpc) is 3.04. The van der Waals surface area contributed by atoms with Crippen LogP contribution in [-0.4, -0.2) is 20.3 Å². The van der Waals surface area contributed by atoms with Crippen molar-refractivity contribution in [3.05, 3.63) is 58.6 Å². The van der Waals surface area contributed by atoms with Crippen LogP contribution in [0.4, 0.5) is 11.5 Å². The van der Waals surface area contributed by atoms with Gasteiger partial charge in [0.25, 0.3) is 0 Å². The molecule has 6 nitrogen and oxygen atoms in total. The summed E-state index contributed by atoms with van der Waals surface area (Å²) < 4.78 is 4.70. The van der Waals surface area contributed by atoms with Gasteiger partial charge in [-0.05, 0) is 40.6 Å². The van der Waals surface area contributed by atoms with Crippen LogP contribution in [0.5, 0.6) is 0 Å². The quantitative estimate of drug-likeness (QED) is 0.571. The Morgan fingerprint density at radius 3 is 2.29 bits per heavy atom. The van der Waals surface area contributed by atoms with Gasteiger partial charge in [-0.15, -0.1) is 0 Å². The zero-order valence-electron chi connectivity index (χ0n) is 12.1. The van der Waals surface area contributed by atoms with Crippen molar-refractivity contribution in [2.45, 2.75) is 0 Å². The van der Waals surface area contributed by atoms with Crippen LogP contribution in [0, 0.1) is 0 Å². The molecular formula is C16H9Cl2N5O. The number of rotatable bonds is 3. The molecule has 0 spiro atoms. The fourth-order valence-electron chi connectivity index (χ4n) is 2.24. The van der Waals surface area contributed by atoms with E-state index in [0.717, 1.165) is 11.3 Å². The molecule has 118 valence electrons. The number of benzene rings is 2. The molecule has 0 amide bonds. The Morgan fingerprint density at radius 2 is 1.54 bits per heavy atom. The van der Waals surface area contributed by atoms with Crippen LogP contribution in [0.1, 0.15) is 0 Å². The molecule has 2 aromatic heterocycles. The lowest BCUT2D eigenvalue weighted by atomic mass is 10.1. The fraction of sp³-hybridized carbons (Fsp3) is 0. The minimum atomic E-state index is 0.308. The molecule has 4 aromatic rings. The molecule has 8 heteroatoms. The molecular weight excluding hydrogens is 349 g/mol.